The Morgan fingerprint density at radius 3 is 2.39 bits per heavy atom. The minimum absolute atomic E-state index is 0.142. The number of amides is 3. The van der Waals surface area contributed by atoms with Crippen molar-refractivity contribution in [3.8, 4) is 17.0 Å². The second-order valence-corrected chi connectivity index (χ2v) is 6.23. The molecule has 0 atom stereocenters. The van der Waals surface area contributed by atoms with Crippen molar-refractivity contribution >= 4 is 17.7 Å². The minimum Gasteiger partial charge on any atom is -0.497 e. The zero-order valence-corrected chi connectivity index (χ0v) is 15.4. The number of ether oxygens (including phenoxy) is 1. The number of hydrogen-bond acceptors (Lipinski definition) is 6. The lowest BCUT2D eigenvalue weighted by Gasteiger charge is -2.13. The van der Waals surface area contributed by atoms with Crippen LogP contribution in [-0.4, -0.2) is 52.6 Å². The van der Waals surface area contributed by atoms with Gasteiger partial charge in [-0.15, -0.1) is 0 Å². The number of carbonyl (C=O) groups excluding carboxylic acids is 3. The zero-order valence-electron chi connectivity index (χ0n) is 15.4. The van der Waals surface area contributed by atoms with Crippen LogP contribution in [0.15, 0.2) is 41.2 Å². The molecule has 146 valence electrons. The van der Waals surface area contributed by atoms with Crippen molar-refractivity contribution in [2.75, 3.05) is 20.2 Å². The van der Waals surface area contributed by atoms with Crippen LogP contribution in [0.1, 0.15) is 12.8 Å². The molecule has 1 saturated heterocycles. The number of benzene rings is 1. The van der Waals surface area contributed by atoms with E-state index in [2.05, 4.69) is 10.4 Å². The van der Waals surface area contributed by atoms with Crippen LogP contribution in [0.25, 0.3) is 11.3 Å². The van der Waals surface area contributed by atoms with Gasteiger partial charge >= 0.3 is 0 Å². The van der Waals surface area contributed by atoms with Gasteiger partial charge in [0.1, 0.15) is 12.3 Å². The molecule has 1 N–H and O–H groups in total. The van der Waals surface area contributed by atoms with Crippen LogP contribution in [0.2, 0.25) is 0 Å². The van der Waals surface area contributed by atoms with Crippen molar-refractivity contribution < 1.29 is 19.1 Å². The van der Waals surface area contributed by atoms with Crippen molar-refractivity contribution in [2.24, 2.45) is 0 Å². The summed E-state index contributed by atoms with van der Waals surface area (Å²) in [6.45, 7) is 0.0103. The number of imide groups is 1. The summed E-state index contributed by atoms with van der Waals surface area (Å²) in [7, 11) is 1.58. The van der Waals surface area contributed by atoms with E-state index in [0.29, 0.717) is 5.69 Å². The lowest BCUT2D eigenvalue weighted by Crippen LogP contribution is -2.41. The summed E-state index contributed by atoms with van der Waals surface area (Å²) in [6, 6.07) is 10.3. The van der Waals surface area contributed by atoms with Gasteiger partial charge in [0.25, 0.3) is 5.56 Å². The molecule has 1 aliphatic heterocycles. The molecule has 9 nitrogen and oxygen atoms in total. The molecular weight excluding hydrogens is 364 g/mol. The summed E-state index contributed by atoms with van der Waals surface area (Å²) in [5, 5.41) is 6.92. The Labute approximate surface area is 160 Å². The maximum atomic E-state index is 12.0. The standard InChI is InChI=1S/C19H20N4O5/c1-28-14-4-2-13(3-5-14)15-6-7-19(27)23(21-15)11-10-20-16(24)12-22-17(25)8-9-18(22)26/h2-7H,8-12H2,1H3,(H,20,24). The maximum absolute atomic E-state index is 12.0. The molecule has 3 amide bonds. The molecule has 1 aromatic carbocycles. The highest BCUT2D eigenvalue weighted by Gasteiger charge is 2.30. The van der Waals surface area contributed by atoms with Crippen LogP contribution >= 0.6 is 0 Å². The number of nitrogens with one attached hydrogen (secondary N) is 1. The van der Waals surface area contributed by atoms with Gasteiger partial charge < -0.3 is 10.1 Å². The Kier molecular flexibility index (Phi) is 5.83. The Hall–Kier alpha value is -3.49. The normalized spacial score (nSPS) is 13.7. The minimum atomic E-state index is -0.456. The SMILES string of the molecule is COc1ccc(-c2ccc(=O)n(CCNC(=O)CN3C(=O)CCC3=O)n2)cc1. The van der Waals surface area contributed by atoms with Gasteiger partial charge in [-0.3, -0.25) is 24.1 Å². The number of carbonyl (C=O) groups is 3. The molecular formula is C19H20N4O5. The second kappa shape index (κ2) is 8.47. The van der Waals surface area contributed by atoms with Crippen LogP contribution in [0.3, 0.4) is 0 Å². The Morgan fingerprint density at radius 2 is 1.75 bits per heavy atom. The second-order valence-electron chi connectivity index (χ2n) is 6.23. The fraction of sp³-hybridized carbons (Fsp3) is 0.316. The monoisotopic (exact) mass is 384 g/mol. The third kappa shape index (κ3) is 4.43. The summed E-state index contributed by atoms with van der Waals surface area (Å²) >= 11 is 0. The molecule has 2 aromatic rings. The summed E-state index contributed by atoms with van der Waals surface area (Å²) in [4.78, 5) is 48.0. The van der Waals surface area contributed by atoms with Crippen molar-refractivity contribution in [2.45, 2.75) is 19.4 Å². The average molecular weight is 384 g/mol. The summed E-state index contributed by atoms with van der Waals surface area (Å²) < 4.78 is 6.38. The Balaban J connectivity index is 1.59. The Bertz CT molecular complexity index is 936. The highest BCUT2D eigenvalue weighted by atomic mass is 16.5. The van der Waals surface area contributed by atoms with Gasteiger partial charge in [0, 0.05) is 31.0 Å². The van der Waals surface area contributed by atoms with Gasteiger partial charge in [-0.2, -0.15) is 5.10 Å². The average Bonchev–Trinajstić information content (AvgIpc) is 3.01. The van der Waals surface area contributed by atoms with Crippen LogP contribution in [-0.2, 0) is 20.9 Å². The van der Waals surface area contributed by atoms with E-state index in [1.54, 1.807) is 25.3 Å². The molecule has 0 spiro atoms. The lowest BCUT2D eigenvalue weighted by atomic mass is 10.1. The summed E-state index contributed by atoms with van der Waals surface area (Å²) in [6.07, 6.45) is 0.285. The van der Waals surface area contributed by atoms with Crippen molar-refractivity contribution in [3.63, 3.8) is 0 Å². The molecule has 1 fully saturated rings. The fourth-order valence-electron chi connectivity index (χ4n) is 2.82. The van der Waals surface area contributed by atoms with Crippen molar-refractivity contribution in [1.29, 1.82) is 0 Å². The van der Waals surface area contributed by atoms with Crippen molar-refractivity contribution in [1.82, 2.24) is 20.0 Å². The molecule has 0 bridgehead atoms. The van der Waals surface area contributed by atoms with E-state index < -0.39 is 5.91 Å². The largest absolute Gasteiger partial charge is 0.497 e. The number of nitrogens with zero attached hydrogens (tertiary/aromatic N) is 3. The van der Waals surface area contributed by atoms with Crippen LogP contribution in [0.4, 0.5) is 0 Å². The van der Waals surface area contributed by atoms with E-state index in [4.69, 9.17) is 4.74 Å². The highest BCUT2D eigenvalue weighted by Crippen LogP contribution is 2.19. The first-order valence-electron chi connectivity index (χ1n) is 8.80. The van der Waals surface area contributed by atoms with E-state index in [1.807, 2.05) is 12.1 Å². The molecule has 0 aliphatic carbocycles. The zero-order chi connectivity index (χ0) is 20.1. The first-order chi connectivity index (χ1) is 13.5. The molecule has 0 saturated carbocycles. The van der Waals surface area contributed by atoms with E-state index in [9.17, 15) is 19.2 Å². The molecule has 1 aliphatic rings. The lowest BCUT2D eigenvalue weighted by molar-refractivity contribution is -0.142. The van der Waals surface area contributed by atoms with E-state index in [-0.39, 0.29) is 49.8 Å². The first-order valence-corrected chi connectivity index (χ1v) is 8.80. The summed E-state index contributed by atoms with van der Waals surface area (Å²) in [5.41, 5.74) is 1.14. The topological polar surface area (TPSA) is 111 Å². The molecule has 28 heavy (non-hydrogen) atoms. The molecule has 0 unspecified atom stereocenters. The van der Waals surface area contributed by atoms with Gasteiger partial charge in [-0.05, 0) is 30.3 Å². The smallest absolute Gasteiger partial charge is 0.266 e. The van der Waals surface area contributed by atoms with E-state index in [1.165, 1.54) is 10.7 Å². The van der Waals surface area contributed by atoms with E-state index >= 15 is 0 Å². The molecule has 2 heterocycles. The molecule has 0 radical (unpaired) electrons. The Morgan fingerprint density at radius 1 is 1.07 bits per heavy atom. The molecule has 3 rings (SSSR count). The quantitative estimate of drug-likeness (QED) is 0.682. The number of rotatable bonds is 7. The predicted molar refractivity (Wildman–Crippen MR) is 99.4 cm³/mol. The number of likely N-dealkylation sites (tertiary alicyclic amines) is 1. The number of aromatic nitrogens is 2. The molecule has 1 aromatic heterocycles. The van der Waals surface area contributed by atoms with Gasteiger partial charge in [0.05, 0.1) is 19.3 Å². The first kappa shape index (κ1) is 19.3. The van der Waals surface area contributed by atoms with Gasteiger partial charge in [0.15, 0.2) is 0 Å². The fourth-order valence-corrected chi connectivity index (χ4v) is 2.82. The maximum Gasteiger partial charge on any atom is 0.266 e. The van der Waals surface area contributed by atoms with Crippen LogP contribution < -0.4 is 15.6 Å². The van der Waals surface area contributed by atoms with Gasteiger partial charge in [0.2, 0.25) is 17.7 Å². The number of hydrogen-bond donors (Lipinski definition) is 1. The van der Waals surface area contributed by atoms with E-state index in [0.717, 1.165) is 16.2 Å². The van der Waals surface area contributed by atoms with Gasteiger partial charge in [-0.1, -0.05) is 0 Å². The summed E-state index contributed by atoms with van der Waals surface area (Å²) in [5.74, 6) is -0.423. The highest BCUT2D eigenvalue weighted by molar-refractivity contribution is 6.04. The van der Waals surface area contributed by atoms with Crippen molar-refractivity contribution in [3.05, 3.63) is 46.8 Å². The molecule has 9 heteroatoms. The third-order valence-corrected chi connectivity index (χ3v) is 4.35. The third-order valence-electron chi connectivity index (χ3n) is 4.35. The van der Waals surface area contributed by atoms with Crippen LogP contribution in [0, 0.1) is 0 Å². The number of methoxy groups -OCH3 is 1. The predicted octanol–water partition coefficient (Wildman–Crippen LogP) is 0.184. The van der Waals surface area contributed by atoms with Gasteiger partial charge in [-0.25, -0.2) is 4.68 Å². The van der Waals surface area contributed by atoms with Crippen LogP contribution in [0.5, 0.6) is 5.75 Å².